The van der Waals surface area contributed by atoms with Crippen LogP contribution in [0.1, 0.15) is 54.9 Å². The number of hydrogen-bond acceptors (Lipinski definition) is 6. The highest BCUT2D eigenvalue weighted by molar-refractivity contribution is 7.89. The molecule has 8 heteroatoms. The number of aryl methyl sites for hydroxylation is 3. The fraction of sp³-hybridized carbons (Fsp3) is 0.385. The Morgan fingerprint density at radius 3 is 2.41 bits per heavy atom. The molecule has 0 bridgehead atoms. The molecular formula is C26H29NO6S. The number of carbonyl (C=O) groups excluding carboxylic acids is 1. The molecule has 0 unspecified atom stereocenters. The van der Waals surface area contributed by atoms with E-state index in [0.717, 1.165) is 41.3 Å². The number of fused-ring (bicyclic) bond motifs is 3. The van der Waals surface area contributed by atoms with Gasteiger partial charge >= 0.3 is 11.6 Å². The van der Waals surface area contributed by atoms with Crippen LogP contribution in [0.15, 0.2) is 50.5 Å². The SMILES string of the molecule is CCC[C@H](NS(=O)(=O)c1ccc(C)cc1)C(=O)Oc1ccc2c3c(c(=O)oc2c1C)CCCC3. The van der Waals surface area contributed by atoms with Crippen molar-refractivity contribution in [3.8, 4) is 5.75 Å². The summed E-state index contributed by atoms with van der Waals surface area (Å²) in [6.45, 7) is 5.46. The standard InChI is InChI=1S/C26H29NO6S/c1-4-7-22(27-34(30,31)18-12-10-16(2)11-13-18)26(29)32-23-15-14-20-19-8-5-6-9-21(19)25(28)33-24(20)17(23)3/h10-15,22,27H,4-9H2,1-3H3/t22-/m0/s1. The summed E-state index contributed by atoms with van der Waals surface area (Å²) >= 11 is 0. The Morgan fingerprint density at radius 2 is 1.74 bits per heavy atom. The van der Waals surface area contributed by atoms with E-state index in [1.165, 1.54) is 12.1 Å². The molecule has 0 aliphatic heterocycles. The number of hydrogen-bond donors (Lipinski definition) is 1. The molecule has 1 heterocycles. The number of rotatable bonds is 7. The highest BCUT2D eigenvalue weighted by Crippen LogP contribution is 2.32. The van der Waals surface area contributed by atoms with Crippen LogP contribution in [-0.2, 0) is 27.7 Å². The first-order valence-corrected chi connectivity index (χ1v) is 13.1. The summed E-state index contributed by atoms with van der Waals surface area (Å²) < 4.78 is 39.4. The first-order chi connectivity index (χ1) is 16.2. The van der Waals surface area contributed by atoms with Gasteiger partial charge in [0, 0.05) is 16.5 Å². The molecule has 2 aromatic carbocycles. The summed E-state index contributed by atoms with van der Waals surface area (Å²) in [5.74, 6) is -0.465. The van der Waals surface area contributed by atoms with E-state index < -0.39 is 22.0 Å². The second-order valence-corrected chi connectivity index (χ2v) is 10.5. The molecule has 34 heavy (non-hydrogen) atoms. The Morgan fingerprint density at radius 1 is 1.06 bits per heavy atom. The Labute approximate surface area is 199 Å². The van der Waals surface area contributed by atoms with Gasteiger partial charge in [-0.3, -0.25) is 0 Å². The molecule has 4 rings (SSSR count). The van der Waals surface area contributed by atoms with Crippen LogP contribution in [0.3, 0.4) is 0 Å². The minimum absolute atomic E-state index is 0.0837. The van der Waals surface area contributed by atoms with E-state index in [-0.39, 0.29) is 22.7 Å². The zero-order chi connectivity index (χ0) is 24.5. The van der Waals surface area contributed by atoms with Gasteiger partial charge in [-0.1, -0.05) is 31.0 Å². The van der Waals surface area contributed by atoms with Gasteiger partial charge in [-0.15, -0.1) is 0 Å². The molecule has 7 nitrogen and oxygen atoms in total. The van der Waals surface area contributed by atoms with Crippen LogP contribution in [0.4, 0.5) is 0 Å². The van der Waals surface area contributed by atoms with E-state index in [0.29, 0.717) is 24.0 Å². The lowest BCUT2D eigenvalue weighted by molar-refractivity contribution is -0.136. The lowest BCUT2D eigenvalue weighted by Gasteiger charge is -2.19. The number of ether oxygens (including phenoxy) is 1. The topological polar surface area (TPSA) is 103 Å². The predicted octanol–water partition coefficient (Wildman–Crippen LogP) is 4.34. The molecule has 1 aromatic heterocycles. The minimum Gasteiger partial charge on any atom is -0.425 e. The van der Waals surface area contributed by atoms with E-state index in [2.05, 4.69) is 4.72 Å². The fourth-order valence-electron chi connectivity index (χ4n) is 4.40. The Hall–Kier alpha value is -2.97. The van der Waals surface area contributed by atoms with E-state index in [1.807, 2.05) is 19.9 Å². The van der Waals surface area contributed by atoms with Crippen LogP contribution in [-0.4, -0.2) is 20.4 Å². The summed E-state index contributed by atoms with van der Waals surface area (Å²) in [5.41, 5.74) is 3.27. The van der Waals surface area contributed by atoms with Gasteiger partial charge in [-0.05, 0) is 75.8 Å². The monoisotopic (exact) mass is 483 g/mol. The second-order valence-electron chi connectivity index (χ2n) is 8.82. The summed E-state index contributed by atoms with van der Waals surface area (Å²) in [4.78, 5) is 25.6. The van der Waals surface area contributed by atoms with Gasteiger partial charge in [-0.2, -0.15) is 4.72 Å². The van der Waals surface area contributed by atoms with Gasteiger partial charge in [0.05, 0.1) is 4.90 Å². The molecule has 0 radical (unpaired) electrons. The van der Waals surface area contributed by atoms with Crippen LogP contribution in [0.2, 0.25) is 0 Å². The van der Waals surface area contributed by atoms with Crippen molar-refractivity contribution >= 4 is 27.0 Å². The van der Waals surface area contributed by atoms with Crippen LogP contribution in [0.25, 0.3) is 11.0 Å². The van der Waals surface area contributed by atoms with Crippen molar-refractivity contribution in [3.05, 3.63) is 69.1 Å². The average Bonchev–Trinajstić information content (AvgIpc) is 2.81. The smallest absolute Gasteiger partial charge is 0.339 e. The zero-order valence-corrected chi connectivity index (χ0v) is 20.5. The molecule has 1 aliphatic rings. The molecule has 0 fully saturated rings. The van der Waals surface area contributed by atoms with Crippen molar-refractivity contribution in [3.63, 3.8) is 0 Å². The van der Waals surface area contributed by atoms with Crippen LogP contribution in [0.5, 0.6) is 5.75 Å². The average molecular weight is 484 g/mol. The number of sulfonamides is 1. The molecule has 0 spiro atoms. The molecule has 180 valence electrons. The van der Waals surface area contributed by atoms with E-state index >= 15 is 0 Å². The summed E-state index contributed by atoms with van der Waals surface area (Å²) in [7, 11) is -3.91. The van der Waals surface area contributed by atoms with E-state index in [9.17, 15) is 18.0 Å². The molecule has 0 amide bonds. The normalized spacial score (nSPS) is 14.6. The van der Waals surface area contributed by atoms with Crippen molar-refractivity contribution < 1.29 is 22.4 Å². The third kappa shape index (κ3) is 4.79. The summed E-state index contributed by atoms with van der Waals surface area (Å²) in [6.07, 6.45) is 4.36. The molecule has 0 saturated carbocycles. The van der Waals surface area contributed by atoms with Gasteiger partial charge in [0.1, 0.15) is 17.4 Å². The minimum atomic E-state index is -3.91. The predicted molar refractivity (Wildman–Crippen MR) is 130 cm³/mol. The Kier molecular flexibility index (Phi) is 6.91. The van der Waals surface area contributed by atoms with Crippen LogP contribution >= 0.6 is 0 Å². The van der Waals surface area contributed by atoms with E-state index in [4.69, 9.17) is 9.15 Å². The van der Waals surface area contributed by atoms with Crippen LogP contribution in [0, 0.1) is 13.8 Å². The first kappa shape index (κ1) is 24.2. The molecule has 1 N–H and O–H groups in total. The number of esters is 1. The number of benzene rings is 2. The van der Waals surface area contributed by atoms with E-state index in [1.54, 1.807) is 25.1 Å². The van der Waals surface area contributed by atoms with Crippen LogP contribution < -0.4 is 15.1 Å². The highest BCUT2D eigenvalue weighted by Gasteiger charge is 2.28. The lowest BCUT2D eigenvalue weighted by atomic mass is 9.90. The maximum absolute atomic E-state index is 13.0. The molecular weight excluding hydrogens is 454 g/mol. The van der Waals surface area contributed by atoms with Gasteiger partial charge in [0.25, 0.3) is 0 Å². The second kappa shape index (κ2) is 9.72. The summed E-state index contributed by atoms with van der Waals surface area (Å²) in [6, 6.07) is 8.84. The lowest BCUT2D eigenvalue weighted by Crippen LogP contribution is -2.42. The van der Waals surface area contributed by atoms with Crippen molar-refractivity contribution in [1.82, 2.24) is 4.72 Å². The molecule has 1 atom stereocenters. The van der Waals surface area contributed by atoms with Crippen molar-refractivity contribution in [2.45, 2.75) is 70.2 Å². The molecule has 3 aromatic rings. The van der Waals surface area contributed by atoms with Gasteiger partial charge < -0.3 is 9.15 Å². The van der Waals surface area contributed by atoms with Gasteiger partial charge in [0.15, 0.2) is 0 Å². The molecule has 0 saturated heterocycles. The van der Waals surface area contributed by atoms with Gasteiger partial charge in [0.2, 0.25) is 10.0 Å². The third-order valence-corrected chi connectivity index (χ3v) is 7.78. The Bertz CT molecular complexity index is 1390. The first-order valence-electron chi connectivity index (χ1n) is 11.6. The maximum Gasteiger partial charge on any atom is 0.339 e. The quantitative estimate of drug-likeness (QED) is 0.305. The van der Waals surface area contributed by atoms with Crippen molar-refractivity contribution in [2.75, 3.05) is 0 Å². The van der Waals surface area contributed by atoms with Gasteiger partial charge in [-0.25, -0.2) is 18.0 Å². The van der Waals surface area contributed by atoms with Crippen molar-refractivity contribution in [2.24, 2.45) is 0 Å². The highest BCUT2D eigenvalue weighted by atomic mass is 32.2. The largest absolute Gasteiger partial charge is 0.425 e. The maximum atomic E-state index is 13.0. The Balaban J connectivity index is 1.62. The zero-order valence-electron chi connectivity index (χ0n) is 19.6. The number of carbonyl (C=O) groups is 1. The fourth-order valence-corrected chi connectivity index (χ4v) is 5.62. The molecule has 1 aliphatic carbocycles. The number of nitrogens with one attached hydrogen (secondary N) is 1. The van der Waals surface area contributed by atoms with Crippen molar-refractivity contribution in [1.29, 1.82) is 0 Å². The third-order valence-electron chi connectivity index (χ3n) is 6.29. The summed E-state index contributed by atoms with van der Waals surface area (Å²) in [5, 5.41) is 0.858.